The van der Waals surface area contributed by atoms with Gasteiger partial charge in [-0.2, -0.15) is 10.1 Å². The molecule has 0 spiro atoms. The number of aryl methyl sites for hydroxylation is 1. The number of carbonyl (C=O) groups is 1. The van der Waals surface area contributed by atoms with E-state index in [1.54, 1.807) is 24.3 Å². The van der Waals surface area contributed by atoms with E-state index in [0.29, 0.717) is 31.3 Å². The lowest BCUT2D eigenvalue weighted by Crippen LogP contribution is -2.28. The molecular formula is C24H27F2N7O2. The van der Waals surface area contributed by atoms with E-state index in [-0.39, 0.29) is 18.4 Å². The Hall–Kier alpha value is -3.50. The molecule has 3 aromatic heterocycles. The molecule has 0 radical (unpaired) electrons. The summed E-state index contributed by atoms with van der Waals surface area (Å²) in [6.45, 7) is 1.06. The van der Waals surface area contributed by atoms with Crippen LogP contribution in [0.1, 0.15) is 35.0 Å². The lowest BCUT2D eigenvalue weighted by Gasteiger charge is -2.22. The van der Waals surface area contributed by atoms with Gasteiger partial charge in [-0.3, -0.25) is 9.48 Å². The zero-order valence-corrected chi connectivity index (χ0v) is 19.6. The predicted octanol–water partition coefficient (Wildman–Crippen LogP) is 2.12. The summed E-state index contributed by atoms with van der Waals surface area (Å²) in [5.74, 6) is -2.62. The molecule has 1 saturated heterocycles. The Bertz CT molecular complexity index is 1270. The van der Waals surface area contributed by atoms with E-state index < -0.39 is 17.8 Å². The molecule has 6 rings (SSSR count). The molecule has 3 aliphatic rings. The van der Waals surface area contributed by atoms with Gasteiger partial charge in [0.1, 0.15) is 5.82 Å². The average Bonchev–Trinajstić information content (AvgIpc) is 3.46. The number of anilines is 1. The molecule has 4 heterocycles. The van der Waals surface area contributed by atoms with Crippen LogP contribution < -0.4 is 15.0 Å². The van der Waals surface area contributed by atoms with E-state index in [0.717, 1.165) is 29.7 Å². The van der Waals surface area contributed by atoms with Gasteiger partial charge in [0.15, 0.2) is 0 Å². The molecule has 9 nitrogen and oxygen atoms in total. The fraction of sp³-hybridized carbons (Fsp3) is 0.500. The highest BCUT2D eigenvalue weighted by molar-refractivity contribution is 5.79. The first-order chi connectivity index (χ1) is 16.8. The van der Waals surface area contributed by atoms with Crippen LogP contribution in [0, 0.1) is 11.8 Å². The molecule has 1 saturated carbocycles. The summed E-state index contributed by atoms with van der Waals surface area (Å²) in [6, 6.07) is 3.68. The number of piperidine rings is 1. The third kappa shape index (κ3) is 3.82. The van der Waals surface area contributed by atoms with Gasteiger partial charge in [0, 0.05) is 37.6 Å². The van der Waals surface area contributed by atoms with Gasteiger partial charge in [0.2, 0.25) is 11.8 Å². The number of hydrogen-bond donors (Lipinski definition) is 1. The van der Waals surface area contributed by atoms with Crippen molar-refractivity contribution in [3.05, 3.63) is 53.4 Å². The van der Waals surface area contributed by atoms with Crippen molar-refractivity contribution in [1.29, 1.82) is 0 Å². The number of nitrogens with zero attached hydrogens (tertiary/aromatic N) is 6. The SMILES string of the molecule is COc1nc(N2CC3C(C2)C3(F)F)ccc1Cn1cc(CC(=O)N[C@@H]2CCc3c2ncn3C)cn1. The van der Waals surface area contributed by atoms with Gasteiger partial charge in [-0.15, -0.1) is 0 Å². The van der Waals surface area contributed by atoms with Crippen LogP contribution in [0.3, 0.4) is 0 Å². The molecule has 2 aliphatic carbocycles. The second-order valence-electron chi connectivity index (χ2n) is 9.70. The molecule has 11 heteroatoms. The number of imidazole rings is 1. The van der Waals surface area contributed by atoms with E-state index in [4.69, 9.17) is 4.74 Å². The van der Waals surface area contributed by atoms with Crippen molar-refractivity contribution in [1.82, 2.24) is 29.6 Å². The Labute approximate surface area is 201 Å². The maximum Gasteiger partial charge on any atom is 0.258 e. The smallest absolute Gasteiger partial charge is 0.258 e. The Balaban J connectivity index is 1.07. The van der Waals surface area contributed by atoms with E-state index in [1.807, 2.05) is 34.8 Å². The average molecular weight is 484 g/mol. The van der Waals surface area contributed by atoms with Crippen LogP contribution in [0.25, 0.3) is 0 Å². The van der Waals surface area contributed by atoms with Crippen LogP contribution in [0.5, 0.6) is 5.88 Å². The summed E-state index contributed by atoms with van der Waals surface area (Å²) in [7, 11) is 3.51. The van der Waals surface area contributed by atoms with E-state index >= 15 is 0 Å². The summed E-state index contributed by atoms with van der Waals surface area (Å²) in [5.41, 5.74) is 3.76. The molecule has 0 bridgehead atoms. The number of pyridine rings is 1. The number of fused-ring (bicyclic) bond motifs is 2. The molecule has 0 aromatic carbocycles. The van der Waals surface area contributed by atoms with Gasteiger partial charge < -0.3 is 19.5 Å². The number of nitrogens with one attached hydrogen (secondary N) is 1. The van der Waals surface area contributed by atoms with Gasteiger partial charge in [0.25, 0.3) is 5.92 Å². The maximum atomic E-state index is 13.5. The minimum Gasteiger partial charge on any atom is -0.481 e. The topological polar surface area (TPSA) is 90.1 Å². The number of hydrogen-bond acceptors (Lipinski definition) is 6. The zero-order chi connectivity index (χ0) is 24.3. The number of rotatable bonds is 7. The van der Waals surface area contributed by atoms with Gasteiger partial charge >= 0.3 is 0 Å². The number of alkyl halides is 2. The summed E-state index contributed by atoms with van der Waals surface area (Å²) in [6.07, 6.45) is 7.31. The predicted molar refractivity (Wildman–Crippen MR) is 122 cm³/mol. The van der Waals surface area contributed by atoms with Crippen molar-refractivity contribution in [3.8, 4) is 5.88 Å². The first-order valence-corrected chi connectivity index (χ1v) is 11.8. The van der Waals surface area contributed by atoms with Crippen LogP contribution >= 0.6 is 0 Å². The number of ether oxygens (including phenoxy) is 1. The van der Waals surface area contributed by atoms with Crippen molar-refractivity contribution in [2.45, 2.75) is 37.8 Å². The highest BCUT2D eigenvalue weighted by Gasteiger charge is 2.71. The van der Waals surface area contributed by atoms with Crippen LogP contribution in [0.15, 0.2) is 30.9 Å². The first kappa shape index (κ1) is 22.0. The molecule has 35 heavy (non-hydrogen) atoms. The standard InChI is InChI=1S/C24H27F2N7O2/c1-31-13-27-22-18(4-5-19(22)31)29-21(34)7-14-8-28-33(9-14)10-15-3-6-20(30-23(15)35-2)32-11-16-17(12-32)24(16,25)26/h3,6,8-9,13,16-18H,4-5,7,10-12H2,1-2H3,(H,29,34)/t16?,17?,18-/m1/s1. The summed E-state index contributed by atoms with van der Waals surface area (Å²) >= 11 is 0. The molecule has 2 fully saturated rings. The maximum absolute atomic E-state index is 13.5. The van der Waals surface area contributed by atoms with E-state index in [1.165, 1.54) is 5.69 Å². The summed E-state index contributed by atoms with van der Waals surface area (Å²) in [4.78, 5) is 23.5. The zero-order valence-electron chi connectivity index (χ0n) is 19.6. The minimum absolute atomic E-state index is 0.0460. The Morgan fingerprint density at radius 1 is 1.29 bits per heavy atom. The molecule has 2 unspecified atom stereocenters. The van der Waals surface area contributed by atoms with Crippen LogP contribution in [0.4, 0.5) is 14.6 Å². The van der Waals surface area contributed by atoms with Gasteiger partial charge in [-0.05, 0) is 30.5 Å². The number of amides is 1. The number of methoxy groups -OCH3 is 1. The number of aromatic nitrogens is 5. The van der Waals surface area contributed by atoms with Crippen LogP contribution in [-0.4, -0.2) is 56.3 Å². The molecule has 1 aliphatic heterocycles. The fourth-order valence-corrected chi connectivity index (χ4v) is 5.44. The lowest BCUT2D eigenvalue weighted by atomic mass is 10.2. The molecule has 1 amide bonds. The molecule has 184 valence electrons. The number of carbonyl (C=O) groups excluding carboxylic acids is 1. The Morgan fingerprint density at radius 3 is 2.86 bits per heavy atom. The highest BCUT2D eigenvalue weighted by atomic mass is 19.3. The van der Waals surface area contributed by atoms with Gasteiger partial charge in [-0.1, -0.05) is 0 Å². The number of halogens is 2. The fourth-order valence-electron chi connectivity index (χ4n) is 5.44. The van der Waals surface area contributed by atoms with Crippen LogP contribution in [-0.2, 0) is 31.2 Å². The minimum atomic E-state index is -2.52. The molecule has 3 atom stereocenters. The monoisotopic (exact) mass is 483 g/mol. The Kier molecular flexibility index (Phi) is 5.05. The van der Waals surface area contributed by atoms with Crippen molar-refractivity contribution in [3.63, 3.8) is 0 Å². The molecular weight excluding hydrogens is 456 g/mol. The molecule has 1 N–H and O–H groups in total. The summed E-state index contributed by atoms with van der Waals surface area (Å²) < 4.78 is 36.2. The van der Waals surface area contributed by atoms with Gasteiger partial charge in [0.05, 0.1) is 56.2 Å². The second-order valence-corrected chi connectivity index (χ2v) is 9.70. The largest absolute Gasteiger partial charge is 0.481 e. The first-order valence-electron chi connectivity index (χ1n) is 11.8. The van der Waals surface area contributed by atoms with Crippen LogP contribution in [0.2, 0.25) is 0 Å². The van der Waals surface area contributed by atoms with Crippen molar-refractivity contribution >= 4 is 11.7 Å². The summed E-state index contributed by atoms with van der Waals surface area (Å²) in [5, 5.41) is 7.47. The normalized spacial score (nSPS) is 23.8. The quantitative estimate of drug-likeness (QED) is 0.554. The highest BCUT2D eigenvalue weighted by Crippen LogP contribution is 2.59. The Morgan fingerprint density at radius 2 is 2.09 bits per heavy atom. The second kappa shape index (κ2) is 8.03. The van der Waals surface area contributed by atoms with E-state index in [9.17, 15) is 13.6 Å². The third-order valence-corrected chi connectivity index (χ3v) is 7.45. The third-order valence-electron chi connectivity index (χ3n) is 7.45. The van der Waals surface area contributed by atoms with Crippen molar-refractivity contribution in [2.24, 2.45) is 18.9 Å². The van der Waals surface area contributed by atoms with Crippen molar-refractivity contribution in [2.75, 3.05) is 25.1 Å². The molecule has 3 aromatic rings. The lowest BCUT2D eigenvalue weighted by molar-refractivity contribution is -0.121. The van der Waals surface area contributed by atoms with Crippen molar-refractivity contribution < 1.29 is 18.3 Å². The van der Waals surface area contributed by atoms with Gasteiger partial charge in [-0.25, -0.2) is 13.8 Å². The van der Waals surface area contributed by atoms with E-state index in [2.05, 4.69) is 20.4 Å².